The van der Waals surface area contributed by atoms with Crippen LogP contribution in [0.5, 0.6) is 5.75 Å². The van der Waals surface area contributed by atoms with Crippen molar-refractivity contribution in [3.05, 3.63) is 60.2 Å². The van der Waals surface area contributed by atoms with Crippen molar-refractivity contribution < 1.29 is 22.8 Å². The van der Waals surface area contributed by atoms with Gasteiger partial charge in [-0.15, -0.1) is 0 Å². The zero-order valence-corrected chi connectivity index (χ0v) is 9.98. The third kappa shape index (κ3) is 2.75. The van der Waals surface area contributed by atoms with Gasteiger partial charge in [-0.1, -0.05) is 12.1 Å². The molecule has 0 spiro atoms. The van der Waals surface area contributed by atoms with Crippen molar-refractivity contribution in [2.75, 3.05) is 0 Å². The van der Waals surface area contributed by atoms with Gasteiger partial charge in [-0.2, -0.15) is 0 Å². The Kier molecular flexibility index (Phi) is 3.45. The van der Waals surface area contributed by atoms with Gasteiger partial charge in [0.1, 0.15) is 5.82 Å². The van der Waals surface area contributed by atoms with Gasteiger partial charge in [-0.25, -0.2) is 13.3 Å². The maximum absolute atomic E-state index is 13.3. The highest BCUT2D eigenvalue weighted by molar-refractivity contribution is 7.61. The Balaban J connectivity index is 2.30. The summed E-state index contributed by atoms with van der Waals surface area (Å²) in [5.74, 6) is -1.61. The van der Waals surface area contributed by atoms with Gasteiger partial charge in [0.25, 0.3) is 0 Å². The lowest BCUT2D eigenvalue weighted by atomic mass is 10.3. The third-order valence-corrected chi connectivity index (χ3v) is 3.61. The average Bonchev–Trinajstić information content (AvgIpc) is 2.32. The molecule has 1 atom stereocenters. The van der Waals surface area contributed by atoms with Crippen molar-refractivity contribution in [1.29, 1.82) is 0 Å². The topological polar surface area (TPSA) is 46.5 Å². The molecule has 18 heavy (non-hydrogen) atoms. The molecule has 1 N–H and O–H groups in total. The summed E-state index contributed by atoms with van der Waals surface area (Å²) < 4.78 is 42.6. The molecule has 0 amide bonds. The standard InChI is InChI=1S/C12H9F2O3P/c13-9-5-7-10(8-6-9)18(15,16)17-12-4-2-1-3-11(12)14/h1-8H,(H,15,16). The van der Waals surface area contributed by atoms with E-state index < -0.39 is 19.2 Å². The quantitative estimate of drug-likeness (QED) is 0.872. The maximum Gasteiger partial charge on any atom is 0.408 e. The lowest BCUT2D eigenvalue weighted by Gasteiger charge is -2.13. The van der Waals surface area contributed by atoms with Crippen molar-refractivity contribution in [3.8, 4) is 5.75 Å². The first kappa shape index (κ1) is 12.7. The molecule has 0 saturated heterocycles. The summed E-state index contributed by atoms with van der Waals surface area (Å²) in [6.45, 7) is 0. The van der Waals surface area contributed by atoms with Crippen LogP contribution in [0, 0.1) is 11.6 Å². The van der Waals surface area contributed by atoms with Crippen LogP contribution in [0.25, 0.3) is 0 Å². The van der Waals surface area contributed by atoms with Crippen LogP contribution in [0.3, 0.4) is 0 Å². The van der Waals surface area contributed by atoms with E-state index in [1.807, 2.05) is 0 Å². The fourth-order valence-electron chi connectivity index (χ4n) is 1.33. The Hall–Kier alpha value is -1.71. The third-order valence-electron chi connectivity index (χ3n) is 2.21. The second kappa shape index (κ2) is 4.88. The molecule has 0 radical (unpaired) electrons. The van der Waals surface area contributed by atoms with Crippen LogP contribution in [-0.4, -0.2) is 4.89 Å². The Morgan fingerprint density at radius 3 is 2.22 bits per heavy atom. The van der Waals surface area contributed by atoms with E-state index in [1.165, 1.54) is 18.2 Å². The van der Waals surface area contributed by atoms with Crippen LogP contribution < -0.4 is 9.83 Å². The van der Waals surface area contributed by atoms with Crippen LogP contribution in [0.15, 0.2) is 48.5 Å². The van der Waals surface area contributed by atoms with E-state index in [-0.39, 0.29) is 11.1 Å². The summed E-state index contributed by atoms with van der Waals surface area (Å²) in [6, 6.07) is 9.56. The molecule has 1 unspecified atom stereocenters. The van der Waals surface area contributed by atoms with Crippen LogP contribution in [-0.2, 0) is 4.57 Å². The largest absolute Gasteiger partial charge is 0.418 e. The minimum Gasteiger partial charge on any atom is -0.418 e. The minimum absolute atomic E-state index is 0.104. The lowest BCUT2D eigenvalue weighted by molar-refractivity contribution is 0.382. The second-order valence-electron chi connectivity index (χ2n) is 3.52. The number of para-hydroxylation sites is 1. The van der Waals surface area contributed by atoms with Crippen LogP contribution in [0.4, 0.5) is 8.78 Å². The monoisotopic (exact) mass is 270 g/mol. The normalized spacial score (nSPS) is 13.9. The van der Waals surface area contributed by atoms with E-state index in [1.54, 1.807) is 0 Å². The van der Waals surface area contributed by atoms with E-state index >= 15 is 0 Å². The van der Waals surface area contributed by atoms with Gasteiger partial charge in [0.2, 0.25) is 0 Å². The summed E-state index contributed by atoms with van der Waals surface area (Å²) in [7, 11) is -4.22. The summed E-state index contributed by atoms with van der Waals surface area (Å²) in [5.41, 5.74) is 0. The molecule has 94 valence electrons. The summed E-state index contributed by atoms with van der Waals surface area (Å²) in [6.07, 6.45) is 0. The molecule has 2 aromatic carbocycles. The molecule has 2 aromatic rings. The Morgan fingerprint density at radius 2 is 1.61 bits per heavy atom. The molecule has 0 aromatic heterocycles. The van der Waals surface area contributed by atoms with Crippen LogP contribution in [0.2, 0.25) is 0 Å². The fraction of sp³-hybridized carbons (Fsp3) is 0. The van der Waals surface area contributed by atoms with E-state index in [2.05, 4.69) is 0 Å². The zero-order valence-electron chi connectivity index (χ0n) is 9.09. The minimum atomic E-state index is -4.22. The Labute approximate surface area is 102 Å². The maximum atomic E-state index is 13.3. The highest BCUT2D eigenvalue weighted by Crippen LogP contribution is 2.42. The molecule has 3 nitrogen and oxygen atoms in total. The SMILES string of the molecule is O=P(O)(Oc1ccccc1F)c1ccc(F)cc1. The van der Waals surface area contributed by atoms with Crippen molar-refractivity contribution in [2.24, 2.45) is 0 Å². The van der Waals surface area contributed by atoms with Crippen molar-refractivity contribution in [2.45, 2.75) is 0 Å². The van der Waals surface area contributed by atoms with Crippen molar-refractivity contribution in [1.82, 2.24) is 0 Å². The zero-order chi connectivity index (χ0) is 13.2. The molecule has 0 heterocycles. The van der Waals surface area contributed by atoms with Crippen molar-refractivity contribution in [3.63, 3.8) is 0 Å². The number of rotatable bonds is 3. The van der Waals surface area contributed by atoms with Gasteiger partial charge in [0.05, 0.1) is 5.30 Å². The number of hydrogen-bond donors (Lipinski definition) is 1. The molecule has 0 aliphatic heterocycles. The smallest absolute Gasteiger partial charge is 0.408 e. The molecule has 0 bridgehead atoms. The molecular weight excluding hydrogens is 261 g/mol. The summed E-state index contributed by atoms with van der Waals surface area (Å²) >= 11 is 0. The highest BCUT2D eigenvalue weighted by atomic mass is 31.2. The van der Waals surface area contributed by atoms with E-state index in [0.717, 1.165) is 30.3 Å². The predicted octanol–water partition coefficient (Wildman–Crippen LogP) is 2.85. The Morgan fingerprint density at radius 1 is 1.00 bits per heavy atom. The van der Waals surface area contributed by atoms with Gasteiger partial charge < -0.3 is 9.42 Å². The summed E-state index contributed by atoms with van der Waals surface area (Å²) in [4.78, 5) is 9.70. The average molecular weight is 270 g/mol. The number of hydrogen-bond acceptors (Lipinski definition) is 2. The van der Waals surface area contributed by atoms with E-state index in [9.17, 15) is 18.2 Å². The first-order valence-electron chi connectivity index (χ1n) is 5.02. The molecular formula is C12H9F2O3P. The molecule has 6 heteroatoms. The first-order chi connectivity index (χ1) is 8.49. The summed E-state index contributed by atoms with van der Waals surface area (Å²) in [5, 5.41) is -0.104. The molecule has 0 fully saturated rings. The fourth-order valence-corrected chi connectivity index (χ4v) is 2.38. The highest BCUT2D eigenvalue weighted by Gasteiger charge is 2.25. The Bertz CT molecular complexity index is 599. The van der Waals surface area contributed by atoms with Gasteiger partial charge >= 0.3 is 7.60 Å². The second-order valence-corrected chi connectivity index (χ2v) is 5.26. The van der Waals surface area contributed by atoms with Crippen LogP contribution >= 0.6 is 7.60 Å². The first-order valence-corrected chi connectivity index (χ1v) is 6.60. The molecule has 2 rings (SSSR count). The van der Waals surface area contributed by atoms with E-state index in [4.69, 9.17) is 4.52 Å². The number of benzene rings is 2. The van der Waals surface area contributed by atoms with Gasteiger partial charge in [-0.3, -0.25) is 0 Å². The van der Waals surface area contributed by atoms with Gasteiger partial charge in [0, 0.05) is 0 Å². The lowest BCUT2D eigenvalue weighted by Crippen LogP contribution is -2.09. The van der Waals surface area contributed by atoms with Gasteiger partial charge in [-0.05, 0) is 36.4 Å². The van der Waals surface area contributed by atoms with Crippen molar-refractivity contribution >= 4 is 12.9 Å². The van der Waals surface area contributed by atoms with Crippen LogP contribution in [0.1, 0.15) is 0 Å². The molecule has 0 saturated carbocycles. The van der Waals surface area contributed by atoms with E-state index in [0.29, 0.717) is 0 Å². The predicted molar refractivity (Wildman–Crippen MR) is 62.9 cm³/mol. The molecule has 0 aliphatic rings. The molecule has 0 aliphatic carbocycles. The number of halogens is 2. The van der Waals surface area contributed by atoms with Gasteiger partial charge in [0.15, 0.2) is 11.6 Å².